The van der Waals surface area contributed by atoms with Gasteiger partial charge in [-0.3, -0.25) is 0 Å². The van der Waals surface area contributed by atoms with Crippen LogP contribution in [0.3, 0.4) is 0 Å². The van der Waals surface area contributed by atoms with Crippen molar-refractivity contribution in [1.82, 2.24) is 9.55 Å². The third kappa shape index (κ3) is 3.20. The average molecular weight is 224 g/mol. The Morgan fingerprint density at radius 2 is 2.31 bits per heavy atom. The Morgan fingerprint density at radius 3 is 2.81 bits per heavy atom. The molecule has 0 aromatic carbocycles. The van der Waals surface area contributed by atoms with Gasteiger partial charge in [0.15, 0.2) is 0 Å². The van der Waals surface area contributed by atoms with Crippen LogP contribution < -0.4 is 0 Å². The van der Waals surface area contributed by atoms with Crippen LogP contribution >= 0.6 is 0 Å². The van der Waals surface area contributed by atoms with Crippen molar-refractivity contribution in [3.8, 4) is 0 Å². The monoisotopic (exact) mass is 224 g/mol. The van der Waals surface area contributed by atoms with Gasteiger partial charge in [0.1, 0.15) is 18.0 Å². The maximum atomic E-state index is 11.6. The number of imidazole rings is 1. The number of ether oxygens (including phenoxy) is 1. The van der Waals surface area contributed by atoms with Gasteiger partial charge in [-0.1, -0.05) is 6.08 Å². The van der Waals surface area contributed by atoms with Gasteiger partial charge in [-0.05, 0) is 20.8 Å². The van der Waals surface area contributed by atoms with E-state index in [1.165, 1.54) is 23.2 Å². The number of rotatable bonds is 2. The molecule has 1 N–H and O–H groups in total. The highest BCUT2D eigenvalue weighted by Crippen LogP contribution is 2.13. The zero-order valence-corrected chi connectivity index (χ0v) is 9.67. The Morgan fingerprint density at radius 1 is 1.69 bits per heavy atom. The Bertz CT molecular complexity index is 390. The van der Waals surface area contributed by atoms with Gasteiger partial charge in [0.05, 0.1) is 5.69 Å². The first-order valence-corrected chi connectivity index (χ1v) is 4.91. The average Bonchev–Trinajstić information content (AvgIpc) is 2.62. The lowest BCUT2D eigenvalue weighted by Crippen LogP contribution is -2.26. The molecule has 0 bridgehead atoms. The maximum absolute atomic E-state index is 11.6. The summed E-state index contributed by atoms with van der Waals surface area (Å²) in [6.45, 7) is 8.77. The normalized spacial score (nSPS) is 13.2. The van der Waals surface area contributed by atoms with Crippen LogP contribution in [0.5, 0.6) is 0 Å². The van der Waals surface area contributed by atoms with E-state index in [9.17, 15) is 9.90 Å². The molecule has 5 heteroatoms. The maximum Gasteiger partial charge on any atom is 0.419 e. The number of hydrogen-bond donors (Lipinski definition) is 1. The van der Waals surface area contributed by atoms with Crippen LogP contribution in [-0.2, 0) is 4.74 Å². The van der Waals surface area contributed by atoms with E-state index in [4.69, 9.17) is 4.74 Å². The first-order valence-electron chi connectivity index (χ1n) is 4.91. The fourth-order valence-corrected chi connectivity index (χ4v) is 1.03. The molecule has 1 aromatic rings. The summed E-state index contributed by atoms with van der Waals surface area (Å²) in [4.78, 5) is 15.5. The summed E-state index contributed by atoms with van der Waals surface area (Å²) in [6.07, 6.45) is 2.66. The molecule has 0 aliphatic heterocycles. The Kier molecular flexibility index (Phi) is 3.49. The van der Waals surface area contributed by atoms with E-state index in [1.807, 2.05) is 0 Å². The molecule has 0 spiro atoms. The van der Waals surface area contributed by atoms with Crippen LogP contribution in [-0.4, -0.2) is 26.4 Å². The van der Waals surface area contributed by atoms with Crippen molar-refractivity contribution in [2.75, 3.05) is 0 Å². The fraction of sp³-hybridized carbons (Fsp3) is 0.455. The van der Waals surface area contributed by atoms with Gasteiger partial charge in [0.2, 0.25) is 0 Å². The molecule has 1 heterocycles. The second-order valence-corrected chi connectivity index (χ2v) is 4.37. The van der Waals surface area contributed by atoms with E-state index < -0.39 is 17.8 Å². The van der Waals surface area contributed by atoms with Crippen LogP contribution in [0.15, 0.2) is 25.2 Å². The Balaban J connectivity index is 2.78. The van der Waals surface area contributed by atoms with Crippen molar-refractivity contribution in [3.63, 3.8) is 0 Å². The molecule has 0 saturated heterocycles. The van der Waals surface area contributed by atoms with Crippen molar-refractivity contribution in [1.29, 1.82) is 0 Å². The second-order valence-electron chi connectivity index (χ2n) is 4.37. The minimum absolute atomic E-state index is 0.362. The predicted molar refractivity (Wildman–Crippen MR) is 59.0 cm³/mol. The quantitative estimate of drug-likeness (QED) is 0.779. The van der Waals surface area contributed by atoms with E-state index >= 15 is 0 Å². The van der Waals surface area contributed by atoms with Gasteiger partial charge >= 0.3 is 6.09 Å². The standard InChI is InChI=1S/C11H16N2O3/c1-5-9(14)8-6-13(7-12-8)10(15)16-11(2,3)4/h5-7,9,14H,1H2,2-4H3. The number of hydrogen-bond acceptors (Lipinski definition) is 4. The summed E-state index contributed by atoms with van der Waals surface area (Å²) in [7, 11) is 0. The van der Waals surface area contributed by atoms with Crippen molar-refractivity contribution >= 4 is 6.09 Å². The van der Waals surface area contributed by atoms with Crippen LogP contribution in [0.25, 0.3) is 0 Å². The third-order valence-electron chi connectivity index (χ3n) is 1.73. The van der Waals surface area contributed by atoms with Gasteiger partial charge in [0, 0.05) is 6.20 Å². The number of nitrogens with zero attached hydrogens (tertiary/aromatic N) is 2. The van der Waals surface area contributed by atoms with Gasteiger partial charge in [-0.15, -0.1) is 6.58 Å². The van der Waals surface area contributed by atoms with Crippen LogP contribution in [0, 0.1) is 0 Å². The topological polar surface area (TPSA) is 64.4 Å². The van der Waals surface area contributed by atoms with Gasteiger partial charge in [-0.2, -0.15) is 0 Å². The minimum atomic E-state index is -0.872. The molecule has 1 rings (SSSR count). The summed E-state index contributed by atoms with van der Waals surface area (Å²) in [5.74, 6) is 0. The molecule has 0 saturated carbocycles. The molecule has 1 atom stereocenters. The Hall–Kier alpha value is -1.62. The summed E-state index contributed by atoms with van der Waals surface area (Å²) in [5, 5.41) is 9.41. The fourth-order valence-electron chi connectivity index (χ4n) is 1.03. The second kappa shape index (κ2) is 4.49. The van der Waals surface area contributed by atoms with E-state index in [0.717, 1.165) is 0 Å². The highest BCUT2D eigenvalue weighted by Gasteiger charge is 2.18. The molecule has 0 amide bonds. The molecule has 0 radical (unpaired) electrons. The van der Waals surface area contributed by atoms with Gasteiger partial charge < -0.3 is 9.84 Å². The van der Waals surface area contributed by atoms with Crippen molar-refractivity contribution in [2.45, 2.75) is 32.5 Å². The molecule has 16 heavy (non-hydrogen) atoms. The highest BCUT2D eigenvalue weighted by atomic mass is 16.6. The summed E-state index contributed by atoms with van der Waals surface area (Å²) in [5.41, 5.74) is -0.195. The van der Waals surface area contributed by atoms with E-state index in [0.29, 0.717) is 5.69 Å². The summed E-state index contributed by atoms with van der Waals surface area (Å²) >= 11 is 0. The largest absolute Gasteiger partial charge is 0.443 e. The van der Waals surface area contributed by atoms with E-state index in [2.05, 4.69) is 11.6 Å². The lowest BCUT2D eigenvalue weighted by molar-refractivity contribution is 0.0536. The third-order valence-corrected chi connectivity index (χ3v) is 1.73. The Labute approximate surface area is 94.4 Å². The van der Waals surface area contributed by atoms with Gasteiger partial charge in [-0.25, -0.2) is 14.3 Å². The zero-order chi connectivity index (χ0) is 12.3. The smallest absolute Gasteiger partial charge is 0.419 e. The SMILES string of the molecule is C=CC(O)c1cn(C(=O)OC(C)(C)C)cn1. The molecule has 0 aliphatic rings. The zero-order valence-electron chi connectivity index (χ0n) is 9.67. The minimum Gasteiger partial charge on any atom is -0.443 e. The van der Waals surface area contributed by atoms with Crippen molar-refractivity contribution < 1.29 is 14.6 Å². The van der Waals surface area contributed by atoms with Gasteiger partial charge in [0.25, 0.3) is 0 Å². The first kappa shape index (κ1) is 12.4. The number of carbonyl (C=O) groups excluding carboxylic acids is 1. The molecular weight excluding hydrogens is 208 g/mol. The van der Waals surface area contributed by atoms with E-state index in [1.54, 1.807) is 20.8 Å². The summed E-state index contributed by atoms with van der Waals surface area (Å²) in [6, 6.07) is 0. The molecule has 1 aromatic heterocycles. The lowest BCUT2D eigenvalue weighted by Gasteiger charge is -2.19. The molecule has 1 unspecified atom stereocenters. The lowest BCUT2D eigenvalue weighted by atomic mass is 10.2. The molecule has 0 fully saturated rings. The predicted octanol–water partition coefficient (Wildman–Crippen LogP) is 1.89. The van der Waals surface area contributed by atoms with Crippen molar-refractivity contribution in [2.24, 2.45) is 0 Å². The number of aromatic nitrogens is 2. The molecule has 0 aliphatic carbocycles. The molecule has 5 nitrogen and oxygen atoms in total. The van der Waals surface area contributed by atoms with Crippen molar-refractivity contribution in [3.05, 3.63) is 30.9 Å². The summed E-state index contributed by atoms with van der Waals surface area (Å²) < 4.78 is 6.31. The number of carbonyl (C=O) groups is 1. The highest BCUT2D eigenvalue weighted by molar-refractivity contribution is 5.70. The number of aliphatic hydroxyl groups excluding tert-OH is 1. The first-order chi connectivity index (χ1) is 7.33. The number of aliphatic hydroxyl groups is 1. The van der Waals surface area contributed by atoms with Crippen LogP contribution in [0.4, 0.5) is 4.79 Å². The molecule has 88 valence electrons. The van der Waals surface area contributed by atoms with E-state index in [-0.39, 0.29) is 0 Å². The van der Waals surface area contributed by atoms with Crippen LogP contribution in [0.2, 0.25) is 0 Å². The molecular formula is C11H16N2O3. The van der Waals surface area contributed by atoms with Crippen LogP contribution in [0.1, 0.15) is 32.6 Å².